The van der Waals surface area contributed by atoms with Gasteiger partial charge in [0.1, 0.15) is 23.1 Å². The van der Waals surface area contributed by atoms with E-state index in [9.17, 15) is 53.4 Å². The molecule has 2 heterocycles. The second-order valence-electron chi connectivity index (χ2n) is 19.5. The van der Waals surface area contributed by atoms with Crippen molar-refractivity contribution >= 4 is 82.6 Å². The molecule has 1 aliphatic heterocycles. The second kappa shape index (κ2) is 29.2. The fourth-order valence-electron chi connectivity index (χ4n) is 9.42. The Hall–Kier alpha value is -7.63. The van der Waals surface area contributed by atoms with Crippen LogP contribution in [0.15, 0.2) is 91.3 Å². The molecule has 3 aromatic carbocycles. The number of carbonyl (C=O) groups is 9. The van der Waals surface area contributed by atoms with Crippen molar-refractivity contribution in [3.63, 3.8) is 0 Å². The first-order chi connectivity index (χ1) is 37.4. The Labute approximate surface area is 456 Å². The van der Waals surface area contributed by atoms with Gasteiger partial charge in [-0.25, -0.2) is 14.4 Å². The summed E-state index contributed by atoms with van der Waals surface area (Å²) in [5.74, 6) is -6.23. The second-order valence-corrected chi connectivity index (χ2v) is 20.3. The number of anilines is 1. The van der Waals surface area contributed by atoms with Crippen LogP contribution in [0.5, 0.6) is 0 Å². The lowest BCUT2D eigenvalue weighted by atomic mass is 9.94. The standard InChI is InChI=1S/C55H68N8O14S/c1-63-46(65)32-41(48(63)38-10-6-25-56-33-38)50(69)58-27-29-77-55(78)23-21-40(22-24-55)76-28-7-12-45(64)59-39-17-15-36(16-18-39)49(68)60-44(31-34-13-14-35-8-2-3-9-37(35)30-34)51(70)57-26-5-4-11-42(52(71)72)61-54(75)62-43(53(73)74)19-20-47(66)67/h2-3,6,8-10,13-18,25,30,33,40-44,48,78H,4-5,7,11-12,19-24,26-29,31-32H2,1H3,(H,57,70)(H,58,69)(H,59,64)(H,60,68)(H,66,67)(H,71,72)(H,73,74)(H2,61,62,75)/t40?,41-,42-,43-,44-,48+,55?/m0/s1. The molecule has 0 spiro atoms. The maximum atomic E-state index is 13.7. The number of fused-ring (bicyclic) bond motifs is 1. The van der Waals surface area contributed by atoms with Gasteiger partial charge in [-0.15, -0.1) is 12.6 Å². The molecule has 1 aromatic heterocycles. The van der Waals surface area contributed by atoms with E-state index in [1.54, 1.807) is 42.5 Å². The van der Waals surface area contributed by atoms with Crippen LogP contribution in [0.4, 0.5) is 10.5 Å². The maximum Gasteiger partial charge on any atom is 0.326 e. The predicted octanol–water partition coefficient (Wildman–Crippen LogP) is 4.59. The van der Waals surface area contributed by atoms with Crippen molar-refractivity contribution < 1.29 is 67.9 Å². The fraction of sp³-hybridized carbons (Fsp3) is 0.455. The van der Waals surface area contributed by atoms with E-state index >= 15 is 0 Å². The van der Waals surface area contributed by atoms with Gasteiger partial charge in [0.25, 0.3) is 5.91 Å². The molecular formula is C55H68N8O14S. The van der Waals surface area contributed by atoms with Gasteiger partial charge >= 0.3 is 23.9 Å². The lowest BCUT2D eigenvalue weighted by Crippen LogP contribution is -2.51. The Kier molecular flexibility index (Phi) is 22.3. The minimum atomic E-state index is -1.55. The summed E-state index contributed by atoms with van der Waals surface area (Å²) < 4.78 is 12.2. The number of amides is 7. The number of pyridine rings is 1. The summed E-state index contributed by atoms with van der Waals surface area (Å²) in [4.78, 5) is 117. The van der Waals surface area contributed by atoms with Crippen LogP contribution in [-0.2, 0) is 49.5 Å². The van der Waals surface area contributed by atoms with E-state index in [-0.39, 0.29) is 93.7 Å². The van der Waals surface area contributed by atoms with E-state index < -0.39 is 77.6 Å². The Morgan fingerprint density at radius 3 is 2.15 bits per heavy atom. The number of hydrogen-bond acceptors (Lipinski definition) is 13. The average molecular weight is 1100 g/mol. The van der Waals surface area contributed by atoms with Crippen LogP contribution in [0.25, 0.3) is 10.8 Å². The van der Waals surface area contributed by atoms with Gasteiger partial charge in [0.2, 0.25) is 23.6 Å². The van der Waals surface area contributed by atoms with E-state index in [2.05, 4.69) is 36.9 Å². The highest BCUT2D eigenvalue weighted by Gasteiger charge is 2.43. The van der Waals surface area contributed by atoms with E-state index in [1.807, 2.05) is 48.5 Å². The molecule has 0 radical (unpaired) electrons. The maximum absolute atomic E-state index is 13.7. The number of unbranched alkanes of at least 4 members (excludes halogenated alkanes) is 1. The number of likely N-dealkylation sites (tertiary alicyclic amines) is 1. The van der Waals surface area contributed by atoms with Crippen LogP contribution in [0.1, 0.15) is 105 Å². The number of urea groups is 1. The smallest absolute Gasteiger partial charge is 0.326 e. The SMILES string of the molecule is CN1C(=O)C[C@H](C(=O)NCCOC2(S)CCC(OCCCC(=O)Nc3ccc(C(=O)N[C@@H](Cc4ccc5ccccc5c4)C(=O)NCCCC[C@H](NC(=O)N[C@@H](CCC(=O)O)C(=O)O)C(=O)O)cc3)CC2)[C@H]1c1cccnc1. The van der Waals surface area contributed by atoms with Gasteiger partial charge in [-0.1, -0.05) is 48.5 Å². The van der Waals surface area contributed by atoms with E-state index in [4.69, 9.17) is 27.2 Å². The highest BCUT2D eigenvalue weighted by atomic mass is 32.1. The Morgan fingerprint density at radius 2 is 1.47 bits per heavy atom. The third kappa shape index (κ3) is 18.3. The van der Waals surface area contributed by atoms with Crippen LogP contribution in [0.2, 0.25) is 0 Å². The minimum Gasteiger partial charge on any atom is -0.481 e. The number of carboxylic acids is 3. The normalized spacial score (nSPS) is 19.2. The Balaban J connectivity index is 0.898. The van der Waals surface area contributed by atoms with Gasteiger partial charge in [-0.05, 0) is 110 Å². The van der Waals surface area contributed by atoms with Gasteiger partial charge < -0.3 is 61.6 Å². The highest BCUT2D eigenvalue weighted by molar-refractivity contribution is 7.81. The van der Waals surface area contributed by atoms with Gasteiger partial charge in [-0.2, -0.15) is 0 Å². The Bertz CT molecular complexity index is 2740. The summed E-state index contributed by atoms with van der Waals surface area (Å²) in [7, 11) is 1.70. The molecule has 0 unspecified atom stereocenters. The zero-order valence-electron chi connectivity index (χ0n) is 43.3. The van der Waals surface area contributed by atoms with Crippen molar-refractivity contribution in [3.8, 4) is 0 Å². The molecular weight excluding hydrogens is 1030 g/mol. The van der Waals surface area contributed by atoms with Gasteiger partial charge in [-0.3, -0.25) is 33.8 Å². The molecule has 23 heteroatoms. The number of thiol groups is 1. The molecule has 1 aliphatic carbocycles. The first-order valence-corrected chi connectivity index (χ1v) is 26.4. The summed E-state index contributed by atoms with van der Waals surface area (Å²) in [6.45, 7) is 0.995. The topological polar surface area (TPSA) is 321 Å². The summed E-state index contributed by atoms with van der Waals surface area (Å²) in [6.07, 6.45) is 6.43. The van der Waals surface area contributed by atoms with Gasteiger partial charge in [0.05, 0.1) is 24.7 Å². The molecule has 4 aromatic rings. The monoisotopic (exact) mass is 1100 g/mol. The van der Waals surface area contributed by atoms with Crippen LogP contribution in [-0.4, -0.2) is 141 Å². The number of hydrogen-bond donors (Lipinski definition) is 10. The number of nitrogens with zero attached hydrogens (tertiary/aromatic N) is 2. The van der Waals surface area contributed by atoms with E-state index in [0.717, 1.165) is 21.9 Å². The molecule has 0 bridgehead atoms. The Morgan fingerprint density at radius 1 is 0.769 bits per heavy atom. The number of carbonyl (C=O) groups excluding carboxylic acids is 6. The number of aliphatic carboxylic acids is 3. The summed E-state index contributed by atoms with van der Waals surface area (Å²) in [6, 6.07) is 17.9. The number of ether oxygens (including phenoxy) is 2. The zero-order chi connectivity index (χ0) is 56.2. The van der Waals surface area contributed by atoms with Gasteiger partial charge in [0, 0.05) is 76.1 Å². The predicted molar refractivity (Wildman–Crippen MR) is 288 cm³/mol. The molecule has 7 amide bonds. The zero-order valence-corrected chi connectivity index (χ0v) is 44.2. The fourth-order valence-corrected chi connectivity index (χ4v) is 9.77. The number of nitrogens with one attached hydrogen (secondary N) is 6. The number of aromatic nitrogens is 1. The molecule has 2 aliphatic rings. The first kappa shape index (κ1) is 59.6. The van der Waals surface area contributed by atoms with Crippen molar-refractivity contribution in [3.05, 3.63) is 108 Å². The highest BCUT2D eigenvalue weighted by Crippen LogP contribution is 2.38. The van der Waals surface area contributed by atoms with Crippen molar-refractivity contribution in [2.45, 2.75) is 119 Å². The van der Waals surface area contributed by atoms with Crippen LogP contribution < -0.4 is 31.9 Å². The molecule has 9 N–H and O–H groups in total. The first-order valence-electron chi connectivity index (χ1n) is 26.0. The molecule has 418 valence electrons. The van der Waals surface area contributed by atoms with E-state index in [1.165, 1.54) is 12.1 Å². The van der Waals surface area contributed by atoms with Crippen molar-refractivity contribution in [1.29, 1.82) is 0 Å². The molecule has 5 atom stereocenters. The average Bonchev–Trinajstić information content (AvgIpc) is 3.73. The molecule has 1 saturated carbocycles. The molecule has 1 saturated heterocycles. The summed E-state index contributed by atoms with van der Waals surface area (Å²) in [5, 5.41) is 45.5. The molecule has 6 rings (SSSR count). The number of carboxylic acid groups (broad SMARTS) is 3. The van der Waals surface area contributed by atoms with Crippen LogP contribution >= 0.6 is 12.6 Å². The quantitative estimate of drug-likeness (QED) is 0.0202. The third-order valence-corrected chi connectivity index (χ3v) is 14.3. The third-order valence-electron chi connectivity index (χ3n) is 13.7. The van der Waals surface area contributed by atoms with Crippen molar-refractivity contribution in [2.75, 3.05) is 38.7 Å². The van der Waals surface area contributed by atoms with Crippen LogP contribution in [0.3, 0.4) is 0 Å². The lowest BCUT2D eigenvalue weighted by molar-refractivity contribution is -0.141. The minimum absolute atomic E-state index is 0.0189. The van der Waals surface area contributed by atoms with Crippen LogP contribution in [0, 0.1) is 5.92 Å². The van der Waals surface area contributed by atoms with Crippen molar-refractivity contribution in [2.24, 2.45) is 5.92 Å². The van der Waals surface area contributed by atoms with E-state index in [0.29, 0.717) is 44.4 Å². The summed E-state index contributed by atoms with van der Waals surface area (Å²) >= 11 is 4.81. The summed E-state index contributed by atoms with van der Waals surface area (Å²) in [5.41, 5.74) is 2.30. The number of rotatable bonds is 29. The molecule has 78 heavy (non-hydrogen) atoms. The van der Waals surface area contributed by atoms with Crippen molar-refractivity contribution in [1.82, 2.24) is 36.5 Å². The molecule has 2 fully saturated rings. The van der Waals surface area contributed by atoms with Gasteiger partial charge in [0.15, 0.2) is 0 Å². The largest absolute Gasteiger partial charge is 0.481 e. The lowest BCUT2D eigenvalue weighted by Gasteiger charge is -2.36. The molecule has 22 nitrogen and oxygen atoms in total. The number of benzene rings is 3.